The minimum Gasteiger partial charge on any atom is -0.474 e. The molecule has 0 saturated carbocycles. The molecule has 5 N–H and O–H groups in total. The van der Waals surface area contributed by atoms with Gasteiger partial charge in [0.2, 0.25) is 5.88 Å². The third-order valence-electron chi connectivity index (χ3n) is 7.65. The average Bonchev–Trinajstić information content (AvgIpc) is 3.37. The van der Waals surface area contributed by atoms with E-state index in [0.717, 1.165) is 6.92 Å². The standard InChI is InChI=1S/C27H27F5N6O4/c1-10-3-14-4-17(34-14)35-24-18-23(37-26(38-24)41-9-13-8-40-7-12(13)6-39)21(29)22(36-25(18)42-10)15-5-16(33)20(28)11(2)19(15)27(30,31)32/h4-5,10,12-14,34,39H,3,6-9,33H2,1-2H3,(H,35,37,38)/t10-,12?,13?,14?/m0/s1. The number of nitrogens with two attached hydrogens (primary N) is 1. The first-order valence-electron chi connectivity index (χ1n) is 13.2. The number of hydrogen-bond acceptors (Lipinski definition) is 10. The maximum absolute atomic E-state index is 16.4. The Bertz CT molecular complexity index is 1600. The molecule has 0 radical (unpaired) electrons. The van der Waals surface area contributed by atoms with Gasteiger partial charge < -0.3 is 35.7 Å². The molecule has 0 aliphatic carbocycles. The van der Waals surface area contributed by atoms with Crippen molar-refractivity contribution in [2.75, 3.05) is 37.5 Å². The zero-order valence-electron chi connectivity index (χ0n) is 22.5. The summed E-state index contributed by atoms with van der Waals surface area (Å²) in [5.74, 6) is -2.47. The largest absolute Gasteiger partial charge is 0.474 e. The lowest BCUT2D eigenvalue weighted by Crippen LogP contribution is -2.43. The summed E-state index contributed by atoms with van der Waals surface area (Å²) in [6.07, 6.45) is -3.20. The fourth-order valence-corrected chi connectivity index (χ4v) is 5.44. The third-order valence-corrected chi connectivity index (χ3v) is 7.65. The summed E-state index contributed by atoms with van der Waals surface area (Å²) in [6, 6.07) is 0.365. The van der Waals surface area contributed by atoms with Crippen molar-refractivity contribution in [3.63, 3.8) is 0 Å². The molecule has 1 saturated heterocycles. The molecule has 1 aromatic carbocycles. The van der Waals surface area contributed by atoms with Crippen LogP contribution in [0.2, 0.25) is 0 Å². The molecule has 4 aliphatic rings. The van der Waals surface area contributed by atoms with E-state index in [1.54, 1.807) is 6.92 Å². The van der Waals surface area contributed by atoms with Crippen LogP contribution in [0.3, 0.4) is 0 Å². The van der Waals surface area contributed by atoms with Crippen LogP contribution in [0.4, 0.5) is 33.5 Å². The lowest BCUT2D eigenvalue weighted by atomic mass is 9.96. The molecular formula is C27H27F5N6O4. The van der Waals surface area contributed by atoms with Gasteiger partial charge in [-0.3, -0.25) is 0 Å². The van der Waals surface area contributed by atoms with E-state index in [1.807, 2.05) is 6.08 Å². The molecule has 4 aliphatic heterocycles. The highest BCUT2D eigenvalue weighted by Gasteiger charge is 2.39. The van der Waals surface area contributed by atoms with Gasteiger partial charge in [-0.1, -0.05) is 0 Å². The van der Waals surface area contributed by atoms with Crippen LogP contribution in [-0.4, -0.2) is 58.6 Å². The average molecular weight is 595 g/mol. The fraction of sp³-hybridized carbons (Fsp3) is 0.444. The number of nitrogens with one attached hydrogen (secondary N) is 2. The molecule has 0 spiro atoms. The predicted octanol–water partition coefficient (Wildman–Crippen LogP) is 3.91. The summed E-state index contributed by atoms with van der Waals surface area (Å²) in [5.41, 5.74) is 0.902. The van der Waals surface area contributed by atoms with Gasteiger partial charge in [-0.2, -0.15) is 23.1 Å². The lowest BCUT2D eigenvalue weighted by Gasteiger charge is -2.32. The SMILES string of the molecule is Cc1c(F)c(N)cc(-c2nc3c4c(nc(OCC5COCC5CO)nc4c2F)NC2=CC(C[C@H](C)O3)N2)c1C(F)(F)F. The Labute approximate surface area is 236 Å². The number of nitrogen functional groups attached to an aromatic ring is 1. The third kappa shape index (κ3) is 4.89. The minimum atomic E-state index is -5.06. The molecule has 4 atom stereocenters. The van der Waals surface area contributed by atoms with Gasteiger partial charge in [-0.05, 0) is 31.6 Å². The van der Waals surface area contributed by atoms with Crippen molar-refractivity contribution in [1.82, 2.24) is 20.3 Å². The molecule has 3 aromatic rings. The monoisotopic (exact) mass is 594 g/mol. The molecule has 3 unspecified atom stereocenters. The van der Waals surface area contributed by atoms with Crippen molar-refractivity contribution in [2.24, 2.45) is 11.8 Å². The van der Waals surface area contributed by atoms with Crippen molar-refractivity contribution in [2.45, 2.75) is 38.6 Å². The lowest BCUT2D eigenvalue weighted by molar-refractivity contribution is -0.137. The highest BCUT2D eigenvalue weighted by atomic mass is 19.4. The van der Waals surface area contributed by atoms with Crippen molar-refractivity contribution >= 4 is 22.4 Å². The van der Waals surface area contributed by atoms with E-state index in [9.17, 15) is 22.7 Å². The number of rotatable bonds is 5. The van der Waals surface area contributed by atoms with E-state index >= 15 is 4.39 Å². The number of aliphatic hydroxyl groups is 1. The summed E-state index contributed by atoms with van der Waals surface area (Å²) in [6.45, 7) is 3.24. The molecule has 224 valence electrons. The number of halogens is 5. The highest BCUT2D eigenvalue weighted by molar-refractivity contribution is 5.97. The molecule has 7 rings (SSSR count). The summed E-state index contributed by atoms with van der Waals surface area (Å²) < 4.78 is 90.8. The van der Waals surface area contributed by atoms with Gasteiger partial charge >= 0.3 is 12.2 Å². The van der Waals surface area contributed by atoms with E-state index in [0.29, 0.717) is 31.5 Å². The second-order valence-corrected chi connectivity index (χ2v) is 10.7. The molecule has 2 aromatic heterocycles. The number of anilines is 2. The topological polar surface area (TPSA) is 137 Å². The Hall–Kier alpha value is -3.98. The number of alkyl halides is 3. The van der Waals surface area contributed by atoms with Gasteiger partial charge in [0.15, 0.2) is 11.6 Å². The number of aliphatic hydroxyl groups excluding tert-OH is 1. The molecular weight excluding hydrogens is 567 g/mol. The summed E-state index contributed by atoms with van der Waals surface area (Å²) in [7, 11) is 0. The zero-order valence-corrected chi connectivity index (χ0v) is 22.5. The van der Waals surface area contributed by atoms with Crippen molar-refractivity contribution in [1.29, 1.82) is 0 Å². The van der Waals surface area contributed by atoms with Crippen LogP contribution < -0.4 is 25.8 Å². The van der Waals surface area contributed by atoms with Crippen molar-refractivity contribution in [3.8, 4) is 23.1 Å². The van der Waals surface area contributed by atoms with Crippen LogP contribution in [0.25, 0.3) is 22.2 Å². The van der Waals surface area contributed by atoms with E-state index in [-0.39, 0.29) is 54.2 Å². The van der Waals surface area contributed by atoms with E-state index in [4.69, 9.17) is 19.9 Å². The van der Waals surface area contributed by atoms with Crippen LogP contribution in [0.1, 0.15) is 24.5 Å². The quantitative estimate of drug-likeness (QED) is 0.254. The van der Waals surface area contributed by atoms with Gasteiger partial charge in [0.1, 0.15) is 28.2 Å². The number of fused-ring (bicyclic) bond motifs is 2. The van der Waals surface area contributed by atoms with E-state index in [2.05, 4.69) is 25.6 Å². The Balaban J connectivity index is 1.57. The van der Waals surface area contributed by atoms with Gasteiger partial charge in [-0.25, -0.2) is 13.8 Å². The number of pyridine rings is 1. The fourth-order valence-electron chi connectivity index (χ4n) is 5.44. The van der Waals surface area contributed by atoms with Gasteiger partial charge in [0.25, 0.3) is 0 Å². The molecule has 0 amide bonds. The first-order chi connectivity index (χ1) is 19.9. The summed E-state index contributed by atoms with van der Waals surface area (Å²) in [5, 5.41) is 15.8. The zero-order chi connectivity index (χ0) is 29.9. The highest BCUT2D eigenvalue weighted by Crippen LogP contribution is 2.45. The van der Waals surface area contributed by atoms with Crippen LogP contribution in [0.5, 0.6) is 11.9 Å². The van der Waals surface area contributed by atoms with Gasteiger partial charge in [0.05, 0.1) is 43.2 Å². The minimum absolute atomic E-state index is 0.0266. The smallest absolute Gasteiger partial charge is 0.417 e. The molecule has 42 heavy (non-hydrogen) atoms. The van der Waals surface area contributed by atoms with Crippen LogP contribution in [0.15, 0.2) is 18.0 Å². The summed E-state index contributed by atoms with van der Waals surface area (Å²) >= 11 is 0. The maximum Gasteiger partial charge on any atom is 0.417 e. The Kier molecular flexibility index (Phi) is 6.96. The van der Waals surface area contributed by atoms with Crippen molar-refractivity contribution in [3.05, 3.63) is 40.7 Å². The second-order valence-electron chi connectivity index (χ2n) is 10.7. The number of hydrogen-bond donors (Lipinski definition) is 4. The van der Waals surface area contributed by atoms with Crippen molar-refractivity contribution < 1.29 is 41.3 Å². The van der Waals surface area contributed by atoms with E-state index < -0.39 is 57.5 Å². The van der Waals surface area contributed by atoms with Gasteiger partial charge in [-0.15, -0.1) is 0 Å². The number of aromatic nitrogens is 3. The Morgan fingerprint density at radius 2 is 1.88 bits per heavy atom. The molecule has 1 fully saturated rings. The van der Waals surface area contributed by atoms with E-state index in [1.165, 1.54) is 0 Å². The maximum atomic E-state index is 16.4. The number of ether oxygens (including phenoxy) is 3. The first kappa shape index (κ1) is 28.2. The first-order valence-corrected chi connectivity index (χ1v) is 13.2. The molecule has 2 bridgehead atoms. The normalized spacial score (nSPS) is 23.4. The predicted molar refractivity (Wildman–Crippen MR) is 141 cm³/mol. The van der Waals surface area contributed by atoms with Crippen LogP contribution in [-0.2, 0) is 10.9 Å². The second kappa shape index (κ2) is 10.4. The van der Waals surface area contributed by atoms with Crippen LogP contribution in [0, 0.1) is 30.4 Å². The summed E-state index contributed by atoms with van der Waals surface area (Å²) in [4.78, 5) is 12.8. The number of nitrogens with zero attached hydrogens (tertiary/aromatic N) is 3. The van der Waals surface area contributed by atoms with Gasteiger partial charge in [0, 0.05) is 30.4 Å². The molecule has 15 heteroatoms. The molecule has 10 nitrogen and oxygen atoms in total. The molecule has 6 heterocycles. The Morgan fingerprint density at radius 1 is 1.14 bits per heavy atom. The van der Waals surface area contributed by atoms with Crippen LogP contribution >= 0.6 is 0 Å². The Morgan fingerprint density at radius 3 is 2.60 bits per heavy atom. The number of benzene rings is 1.